The third-order valence-corrected chi connectivity index (χ3v) is 7.02. The van der Waals surface area contributed by atoms with Gasteiger partial charge < -0.3 is 25.4 Å². The SMILES string of the molecule is CC(C)(C)OC(=O)N1C[C@@H](Nc2nc3c4c(ccc3s2)OCC4)[C@@H](N)CC12CC2. The molecule has 2 aromatic rings. The lowest BCUT2D eigenvalue weighted by Gasteiger charge is -2.43. The molecule has 2 atom stereocenters. The highest BCUT2D eigenvalue weighted by Crippen LogP contribution is 2.49. The number of aromatic nitrogens is 1. The van der Waals surface area contributed by atoms with E-state index >= 15 is 0 Å². The van der Waals surface area contributed by atoms with Crippen molar-refractivity contribution in [2.75, 3.05) is 18.5 Å². The maximum atomic E-state index is 12.9. The van der Waals surface area contributed by atoms with Gasteiger partial charge in [-0.3, -0.25) is 0 Å². The van der Waals surface area contributed by atoms with Crippen molar-refractivity contribution < 1.29 is 14.3 Å². The molecule has 0 radical (unpaired) electrons. The van der Waals surface area contributed by atoms with Crippen LogP contribution in [-0.2, 0) is 11.2 Å². The van der Waals surface area contributed by atoms with Crippen LogP contribution in [0.25, 0.3) is 10.2 Å². The summed E-state index contributed by atoms with van der Waals surface area (Å²) in [5.41, 5.74) is 8.10. The summed E-state index contributed by atoms with van der Waals surface area (Å²) >= 11 is 1.63. The maximum Gasteiger partial charge on any atom is 0.410 e. The fraction of sp³-hybridized carbons (Fsp3) is 0.619. The van der Waals surface area contributed by atoms with Crippen molar-refractivity contribution in [2.45, 2.75) is 69.7 Å². The van der Waals surface area contributed by atoms with Crippen molar-refractivity contribution in [2.24, 2.45) is 5.73 Å². The van der Waals surface area contributed by atoms with E-state index in [4.69, 9.17) is 20.2 Å². The highest BCUT2D eigenvalue weighted by Gasteiger charge is 2.56. The number of benzene rings is 1. The summed E-state index contributed by atoms with van der Waals surface area (Å²) in [6.45, 7) is 6.96. The fourth-order valence-corrected chi connectivity index (χ4v) is 5.42. The predicted molar refractivity (Wildman–Crippen MR) is 114 cm³/mol. The number of ether oxygens (including phenoxy) is 2. The van der Waals surface area contributed by atoms with Gasteiger partial charge in [-0.05, 0) is 52.2 Å². The minimum atomic E-state index is -0.509. The lowest BCUT2D eigenvalue weighted by Crippen LogP contribution is -2.61. The van der Waals surface area contributed by atoms with Crippen LogP contribution in [0.5, 0.6) is 5.75 Å². The summed E-state index contributed by atoms with van der Waals surface area (Å²) < 4.78 is 12.5. The van der Waals surface area contributed by atoms with Crippen molar-refractivity contribution in [3.05, 3.63) is 17.7 Å². The van der Waals surface area contributed by atoms with Crippen LogP contribution >= 0.6 is 11.3 Å². The number of hydrogen-bond donors (Lipinski definition) is 2. The second-order valence-corrected chi connectivity index (χ2v) is 10.5. The number of likely N-dealkylation sites (tertiary alicyclic amines) is 1. The second kappa shape index (κ2) is 6.47. The first kappa shape index (κ1) is 18.9. The molecule has 5 rings (SSSR count). The largest absolute Gasteiger partial charge is 0.493 e. The number of anilines is 1. The van der Waals surface area contributed by atoms with E-state index in [-0.39, 0.29) is 23.7 Å². The van der Waals surface area contributed by atoms with Gasteiger partial charge in [-0.2, -0.15) is 0 Å². The Hall–Kier alpha value is -2.06. The minimum Gasteiger partial charge on any atom is -0.493 e. The van der Waals surface area contributed by atoms with Crippen LogP contribution in [0.3, 0.4) is 0 Å². The van der Waals surface area contributed by atoms with Gasteiger partial charge in [0.25, 0.3) is 0 Å². The molecule has 1 saturated carbocycles. The molecule has 1 amide bonds. The molecule has 3 heterocycles. The van der Waals surface area contributed by atoms with Crippen LogP contribution in [0, 0.1) is 0 Å². The zero-order valence-corrected chi connectivity index (χ0v) is 18.0. The lowest BCUT2D eigenvalue weighted by molar-refractivity contribution is 0.00238. The van der Waals surface area contributed by atoms with Gasteiger partial charge >= 0.3 is 6.09 Å². The molecule has 1 aromatic carbocycles. The maximum absolute atomic E-state index is 12.9. The summed E-state index contributed by atoms with van der Waals surface area (Å²) in [5.74, 6) is 0.940. The molecule has 0 unspecified atom stereocenters. The standard InChI is InChI=1S/C21H28N4O3S/c1-20(2,3)28-19(26)25-11-14(13(22)10-21(25)7-8-21)23-18-24-17-12-6-9-27-15(12)4-5-16(17)29-18/h4-5,13-14H,6-11,22H2,1-3H3,(H,23,24)/t13-,14+/m0/s1. The normalized spacial score (nSPS) is 25.0. The molecule has 1 saturated heterocycles. The number of carbonyl (C=O) groups is 1. The summed E-state index contributed by atoms with van der Waals surface area (Å²) in [4.78, 5) is 19.6. The predicted octanol–water partition coefficient (Wildman–Crippen LogP) is 3.51. The van der Waals surface area contributed by atoms with Crippen LogP contribution in [0.4, 0.5) is 9.93 Å². The molecule has 1 aromatic heterocycles. The van der Waals surface area contributed by atoms with Gasteiger partial charge in [0.15, 0.2) is 5.13 Å². The van der Waals surface area contributed by atoms with Crippen LogP contribution in [0.2, 0.25) is 0 Å². The van der Waals surface area contributed by atoms with Crippen LogP contribution in [0.1, 0.15) is 45.6 Å². The first-order valence-corrected chi connectivity index (χ1v) is 11.1. The zero-order chi connectivity index (χ0) is 20.4. The molecule has 3 N–H and O–H groups in total. The number of fused-ring (bicyclic) bond motifs is 3. The molecule has 7 nitrogen and oxygen atoms in total. The molecule has 29 heavy (non-hydrogen) atoms. The third kappa shape index (κ3) is 3.42. The van der Waals surface area contributed by atoms with E-state index in [1.54, 1.807) is 11.3 Å². The Labute approximate surface area is 174 Å². The van der Waals surface area contributed by atoms with E-state index < -0.39 is 5.60 Å². The molecule has 2 aliphatic heterocycles. The average Bonchev–Trinajstić information content (AvgIpc) is 3.04. The number of carbonyl (C=O) groups excluding carboxylic acids is 1. The van der Waals surface area contributed by atoms with Crippen LogP contribution in [-0.4, -0.2) is 52.4 Å². The molecule has 3 aliphatic rings. The molecule has 8 heteroatoms. The van der Waals surface area contributed by atoms with Gasteiger partial charge in [0.05, 0.1) is 22.9 Å². The molecular weight excluding hydrogens is 388 g/mol. The first-order chi connectivity index (χ1) is 13.7. The van der Waals surface area contributed by atoms with E-state index in [0.29, 0.717) is 6.54 Å². The Morgan fingerprint density at radius 1 is 1.41 bits per heavy atom. The van der Waals surface area contributed by atoms with Crippen LogP contribution < -0.4 is 15.8 Å². The Bertz CT molecular complexity index is 963. The van der Waals surface area contributed by atoms with Crippen LogP contribution in [0.15, 0.2) is 12.1 Å². The highest BCUT2D eigenvalue weighted by molar-refractivity contribution is 7.22. The Morgan fingerprint density at radius 3 is 2.93 bits per heavy atom. The number of piperidine rings is 1. The van der Waals surface area contributed by atoms with Gasteiger partial charge in [0.2, 0.25) is 0 Å². The lowest BCUT2D eigenvalue weighted by atomic mass is 9.92. The number of nitrogens with zero attached hydrogens (tertiary/aromatic N) is 2. The van der Waals surface area contributed by atoms with Crippen molar-refractivity contribution in [3.8, 4) is 5.75 Å². The number of nitrogens with two attached hydrogens (primary N) is 1. The van der Waals surface area contributed by atoms with E-state index in [0.717, 1.165) is 53.4 Å². The number of nitrogens with one attached hydrogen (secondary N) is 1. The average molecular weight is 417 g/mol. The quantitative estimate of drug-likeness (QED) is 0.779. The molecule has 156 valence electrons. The molecule has 1 aliphatic carbocycles. The van der Waals surface area contributed by atoms with E-state index in [1.165, 1.54) is 5.56 Å². The summed E-state index contributed by atoms with van der Waals surface area (Å²) in [7, 11) is 0. The van der Waals surface area contributed by atoms with Gasteiger partial charge in [-0.15, -0.1) is 0 Å². The fourth-order valence-electron chi connectivity index (χ4n) is 4.46. The second-order valence-electron chi connectivity index (χ2n) is 9.44. The molecular formula is C21H28N4O3S. The topological polar surface area (TPSA) is 89.7 Å². The number of thiazole rings is 1. The van der Waals surface area contributed by atoms with Gasteiger partial charge in [-0.1, -0.05) is 11.3 Å². The Morgan fingerprint density at radius 2 is 2.21 bits per heavy atom. The molecule has 0 bridgehead atoms. The number of rotatable bonds is 2. The van der Waals surface area contributed by atoms with E-state index in [1.807, 2.05) is 31.7 Å². The van der Waals surface area contributed by atoms with Gasteiger partial charge in [0.1, 0.15) is 11.4 Å². The smallest absolute Gasteiger partial charge is 0.410 e. The van der Waals surface area contributed by atoms with Gasteiger partial charge in [-0.25, -0.2) is 9.78 Å². The highest BCUT2D eigenvalue weighted by atomic mass is 32.1. The summed E-state index contributed by atoms with van der Waals surface area (Å²) in [5, 5.41) is 4.36. The number of hydrogen-bond acceptors (Lipinski definition) is 7. The summed E-state index contributed by atoms with van der Waals surface area (Å²) in [6, 6.07) is 4.01. The van der Waals surface area contributed by atoms with Crippen molar-refractivity contribution >= 4 is 32.8 Å². The summed E-state index contributed by atoms with van der Waals surface area (Å²) in [6.07, 6.45) is 3.44. The van der Waals surface area contributed by atoms with E-state index in [2.05, 4.69) is 11.4 Å². The van der Waals surface area contributed by atoms with Crippen molar-refractivity contribution in [1.29, 1.82) is 0 Å². The van der Waals surface area contributed by atoms with Crippen molar-refractivity contribution in [1.82, 2.24) is 9.88 Å². The third-order valence-electron chi connectivity index (χ3n) is 6.07. The molecule has 2 fully saturated rings. The monoisotopic (exact) mass is 416 g/mol. The van der Waals surface area contributed by atoms with Crippen molar-refractivity contribution in [3.63, 3.8) is 0 Å². The van der Waals surface area contributed by atoms with E-state index in [9.17, 15) is 4.79 Å². The zero-order valence-electron chi connectivity index (χ0n) is 17.2. The Balaban J connectivity index is 1.37. The molecule has 1 spiro atoms. The number of amides is 1. The Kier molecular flexibility index (Phi) is 4.22. The first-order valence-electron chi connectivity index (χ1n) is 10.3. The van der Waals surface area contributed by atoms with Gasteiger partial charge in [0, 0.05) is 30.1 Å². The minimum absolute atomic E-state index is 0.0303.